The second-order valence-electron chi connectivity index (χ2n) is 7.98. The summed E-state index contributed by atoms with van der Waals surface area (Å²) in [5.41, 5.74) is 9.19. The number of amides is 1. The first-order valence-electron chi connectivity index (χ1n) is 10.5. The second kappa shape index (κ2) is 7.65. The molecule has 1 saturated heterocycles. The Morgan fingerprint density at radius 2 is 2.10 bits per heavy atom. The Kier molecular flexibility index (Phi) is 4.94. The molecule has 8 nitrogen and oxygen atoms in total. The number of hydrogen-bond acceptors (Lipinski definition) is 6. The summed E-state index contributed by atoms with van der Waals surface area (Å²) in [7, 11) is 3.58. The van der Waals surface area contributed by atoms with E-state index in [1.807, 2.05) is 28.6 Å². The number of rotatable bonds is 4. The van der Waals surface area contributed by atoms with E-state index in [0.717, 1.165) is 59.0 Å². The third-order valence-electron chi connectivity index (χ3n) is 6.01. The molecule has 162 valence electrons. The van der Waals surface area contributed by atoms with E-state index in [1.54, 1.807) is 24.5 Å². The molecule has 1 fully saturated rings. The van der Waals surface area contributed by atoms with Crippen LogP contribution in [0.1, 0.15) is 30.1 Å². The molecule has 0 bridgehead atoms. The van der Waals surface area contributed by atoms with Gasteiger partial charge in [-0.25, -0.2) is 9.97 Å². The Bertz CT molecular complexity index is 1290. The zero-order valence-electron chi connectivity index (χ0n) is 18.0. The summed E-state index contributed by atoms with van der Waals surface area (Å²) in [6, 6.07) is 5.72. The molecule has 0 unspecified atom stereocenters. The minimum absolute atomic E-state index is 0.0295. The number of likely N-dealkylation sites (tertiary alicyclic amines) is 1. The van der Waals surface area contributed by atoms with Crippen molar-refractivity contribution in [3.05, 3.63) is 29.1 Å². The fourth-order valence-corrected chi connectivity index (χ4v) is 5.39. The van der Waals surface area contributed by atoms with Crippen molar-refractivity contribution in [1.82, 2.24) is 24.0 Å². The summed E-state index contributed by atoms with van der Waals surface area (Å²) in [6.45, 7) is 4.21. The maximum Gasteiger partial charge on any atom is 0.254 e. The van der Waals surface area contributed by atoms with Gasteiger partial charge >= 0.3 is 0 Å². The van der Waals surface area contributed by atoms with Crippen molar-refractivity contribution in [2.75, 3.05) is 20.2 Å². The normalized spacial score (nSPS) is 17.0. The Hall–Kier alpha value is -2.91. The number of hydrogen-bond donors (Lipinski definition) is 1. The lowest BCUT2D eigenvalue weighted by Crippen LogP contribution is -2.45. The fraction of sp³-hybridized carbons (Fsp3) is 0.409. The van der Waals surface area contributed by atoms with Gasteiger partial charge in [0.05, 0.1) is 12.6 Å². The fourth-order valence-electron chi connectivity index (χ4n) is 4.48. The number of carbonyl (C=O) groups excluding carboxylic acids is 1. The molecule has 0 aliphatic carbocycles. The van der Waals surface area contributed by atoms with Crippen LogP contribution in [0.3, 0.4) is 0 Å². The molecule has 4 aromatic rings. The minimum Gasteiger partial charge on any atom is -0.494 e. The van der Waals surface area contributed by atoms with E-state index in [4.69, 9.17) is 20.4 Å². The predicted octanol–water partition coefficient (Wildman–Crippen LogP) is 3.24. The SMILES string of the molecule is CCn1c(-c2nc3cc(C(=O)N4CCC[C@@H](N)C4)cc(OC)c3n2C)nc2ccsc21. The topological polar surface area (TPSA) is 91.2 Å². The van der Waals surface area contributed by atoms with Gasteiger partial charge in [0, 0.05) is 38.3 Å². The number of nitrogens with zero attached hydrogens (tertiary/aromatic N) is 5. The summed E-state index contributed by atoms with van der Waals surface area (Å²) in [4.78, 5) is 25.8. The lowest BCUT2D eigenvalue weighted by atomic mass is 10.0. The Balaban J connectivity index is 1.63. The molecular formula is C22H26N6O2S. The van der Waals surface area contributed by atoms with Crippen molar-refractivity contribution < 1.29 is 9.53 Å². The van der Waals surface area contributed by atoms with Gasteiger partial charge in [-0.05, 0) is 43.3 Å². The summed E-state index contributed by atoms with van der Waals surface area (Å²) in [5, 5.41) is 2.05. The molecule has 1 amide bonds. The largest absolute Gasteiger partial charge is 0.494 e. The highest BCUT2D eigenvalue weighted by Gasteiger charge is 2.26. The molecule has 1 aromatic carbocycles. The van der Waals surface area contributed by atoms with Gasteiger partial charge in [-0.15, -0.1) is 11.3 Å². The maximum atomic E-state index is 13.2. The number of aryl methyl sites for hydroxylation is 2. The van der Waals surface area contributed by atoms with Gasteiger partial charge in [0.15, 0.2) is 11.6 Å². The number of imidazole rings is 2. The number of thiophene rings is 1. The van der Waals surface area contributed by atoms with Crippen LogP contribution in [0.15, 0.2) is 23.6 Å². The zero-order chi connectivity index (χ0) is 21.7. The highest BCUT2D eigenvalue weighted by Crippen LogP contribution is 2.34. The van der Waals surface area contributed by atoms with E-state index in [9.17, 15) is 4.79 Å². The highest BCUT2D eigenvalue weighted by molar-refractivity contribution is 7.16. The lowest BCUT2D eigenvalue weighted by molar-refractivity contribution is 0.0708. The van der Waals surface area contributed by atoms with Crippen LogP contribution in [0.2, 0.25) is 0 Å². The molecule has 5 rings (SSSR count). The molecule has 1 aliphatic heterocycles. The summed E-state index contributed by atoms with van der Waals surface area (Å²) >= 11 is 1.68. The van der Waals surface area contributed by atoms with Gasteiger partial charge in [0.1, 0.15) is 21.6 Å². The number of aromatic nitrogens is 4. The highest BCUT2D eigenvalue weighted by atomic mass is 32.1. The molecule has 3 aromatic heterocycles. The van der Waals surface area contributed by atoms with E-state index in [2.05, 4.69) is 16.9 Å². The molecule has 1 atom stereocenters. The number of benzene rings is 1. The van der Waals surface area contributed by atoms with Gasteiger partial charge in [-0.3, -0.25) is 4.79 Å². The Morgan fingerprint density at radius 3 is 2.84 bits per heavy atom. The first kappa shape index (κ1) is 20.0. The van der Waals surface area contributed by atoms with Crippen LogP contribution < -0.4 is 10.5 Å². The number of carbonyl (C=O) groups is 1. The van der Waals surface area contributed by atoms with E-state index in [-0.39, 0.29) is 11.9 Å². The number of ether oxygens (including phenoxy) is 1. The van der Waals surface area contributed by atoms with E-state index >= 15 is 0 Å². The van der Waals surface area contributed by atoms with Crippen molar-refractivity contribution in [2.24, 2.45) is 12.8 Å². The maximum absolute atomic E-state index is 13.2. The molecule has 9 heteroatoms. The summed E-state index contributed by atoms with van der Waals surface area (Å²) in [5.74, 6) is 2.17. The Morgan fingerprint density at radius 1 is 1.29 bits per heavy atom. The summed E-state index contributed by atoms with van der Waals surface area (Å²) in [6.07, 6.45) is 1.88. The van der Waals surface area contributed by atoms with Gasteiger partial charge < -0.3 is 24.5 Å². The molecule has 31 heavy (non-hydrogen) atoms. The summed E-state index contributed by atoms with van der Waals surface area (Å²) < 4.78 is 9.85. The average molecular weight is 439 g/mol. The minimum atomic E-state index is -0.0295. The number of piperidine rings is 1. The third-order valence-corrected chi connectivity index (χ3v) is 6.94. The van der Waals surface area contributed by atoms with Crippen molar-refractivity contribution in [2.45, 2.75) is 32.4 Å². The molecule has 0 spiro atoms. The van der Waals surface area contributed by atoms with Crippen molar-refractivity contribution >= 4 is 38.6 Å². The van der Waals surface area contributed by atoms with Gasteiger partial charge in [0.2, 0.25) is 0 Å². The molecule has 0 radical (unpaired) electrons. The first-order chi connectivity index (χ1) is 15.0. The smallest absolute Gasteiger partial charge is 0.254 e. The number of nitrogens with two attached hydrogens (primary N) is 1. The van der Waals surface area contributed by atoms with Crippen molar-refractivity contribution in [3.63, 3.8) is 0 Å². The van der Waals surface area contributed by atoms with E-state index in [1.165, 1.54) is 0 Å². The number of methoxy groups -OCH3 is 1. The molecule has 2 N–H and O–H groups in total. The molecular weight excluding hydrogens is 412 g/mol. The first-order valence-corrected chi connectivity index (χ1v) is 11.4. The standard InChI is InChI=1S/C22H26N6O2S/c1-4-28-20(24-15-7-9-31-22(15)28)19-25-16-10-13(11-17(30-3)18(16)26(19)2)21(29)27-8-5-6-14(23)12-27/h7,9-11,14H,4-6,8,12,23H2,1-3H3/t14-/m1/s1. The second-order valence-corrected chi connectivity index (χ2v) is 8.88. The van der Waals surface area contributed by atoms with Crippen LogP contribution in [0, 0.1) is 0 Å². The van der Waals surface area contributed by atoms with Gasteiger partial charge in [0.25, 0.3) is 5.91 Å². The predicted molar refractivity (Wildman–Crippen MR) is 123 cm³/mol. The lowest BCUT2D eigenvalue weighted by Gasteiger charge is -2.30. The van der Waals surface area contributed by atoms with Crippen LogP contribution in [-0.4, -0.2) is 56.2 Å². The number of fused-ring (bicyclic) bond motifs is 2. The van der Waals surface area contributed by atoms with Crippen LogP contribution in [-0.2, 0) is 13.6 Å². The van der Waals surface area contributed by atoms with Crippen LogP contribution >= 0.6 is 11.3 Å². The van der Waals surface area contributed by atoms with Crippen LogP contribution in [0.4, 0.5) is 0 Å². The Labute approximate surface area is 184 Å². The monoisotopic (exact) mass is 438 g/mol. The quantitative estimate of drug-likeness (QED) is 0.528. The van der Waals surface area contributed by atoms with E-state index in [0.29, 0.717) is 17.9 Å². The molecule has 4 heterocycles. The van der Waals surface area contributed by atoms with Crippen molar-refractivity contribution in [1.29, 1.82) is 0 Å². The average Bonchev–Trinajstić information content (AvgIpc) is 3.45. The third kappa shape index (κ3) is 3.19. The van der Waals surface area contributed by atoms with Gasteiger partial charge in [-0.1, -0.05) is 0 Å². The van der Waals surface area contributed by atoms with Crippen LogP contribution in [0.25, 0.3) is 33.0 Å². The van der Waals surface area contributed by atoms with Gasteiger partial charge in [-0.2, -0.15) is 0 Å². The molecule has 1 aliphatic rings. The van der Waals surface area contributed by atoms with E-state index < -0.39 is 0 Å². The van der Waals surface area contributed by atoms with Crippen molar-refractivity contribution in [3.8, 4) is 17.4 Å². The molecule has 0 saturated carbocycles. The van der Waals surface area contributed by atoms with Crippen LogP contribution in [0.5, 0.6) is 5.75 Å². The zero-order valence-corrected chi connectivity index (χ0v) is 18.8.